The Morgan fingerprint density at radius 2 is 2.28 bits per heavy atom. The van der Waals surface area contributed by atoms with Gasteiger partial charge in [-0.15, -0.1) is 0 Å². The van der Waals surface area contributed by atoms with Crippen molar-refractivity contribution in [2.75, 3.05) is 6.54 Å². The number of nitrogens with one attached hydrogen (secondary N) is 1. The zero-order chi connectivity index (χ0) is 12.7. The van der Waals surface area contributed by atoms with Crippen LogP contribution >= 0.6 is 0 Å². The summed E-state index contributed by atoms with van der Waals surface area (Å²) in [5.74, 6) is 0.282. The minimum Gasteiger partial charge on any atom is -0.424 e. The molecule has 1 N–H and O–H groups in total. The van der Waals surface area contributed by atoms with Crippen LogP contribution in [0.4, 0.5) is 4.79 Å². The van der Waals surface area contributed by atoms with Crippen LogP contribution in [0.25, 0.3) is 0 Å². The fourth-order valence-corrected chi connectivity index (χ4v) is 3.31. The first-order valence-electron chi connectivity index (χ1n) is 6.54. The largest absolute Gasteiger partial charge is 0.424 e. The standard InChI is InChI=1S/C13H17NO4/c1-2-5-14-13(16)18-12-10-8-4-3-7(6-8)9(10)11(15)17-12/h3-4,7-10,12H,2,5-6H2,1H3,(H,14,16). The fourth-order valence-electron chi connectivity index (χ4n) is 3.31. The van der Waals surface area contributed by atoms with E-state index >= 15 is 0 Å². The second-order valence-electron chi connectivity index (χ2n) is 5.19. The lowest BCUT2D eigenvalue weighted by Gasteiger charge is -2.21. The highest BCUT2D eigenvalue weighted by molar-refractivity contribution is 5.77. The van der Waals surface area contributed by atoms with Gasteiger partial charge in [0.25, 0.3) is 6.29 Å². The first-order chi connectivity index (χ1) is 8.70. The molecule has 2 bridgehead atoms. The van der Waals surface area contributed by atoms with Gasteiger partial charge in [0.1, 0.15) is 0 Å². The molecule has 1 amide bonds. The Kier molecular flexibility index (Phi) is 2.76. The van der Waals surface area contributed by atoms with E-state index < -0.39 is 12.4 Å². The van der Waals surface area contributed by atoms with Crippen molar-refractivity contribution in [2.45, 2.75) is 26.1 Å². The predicted octanol–water partition coefficient (Wildman–Crippen LogP) is 1.44. The number of carbonyl (C=O) groups excluding carboxylic acids is 2. The summed E-state index contributed by atoms with van der Waals surface area (Å²) in [5, 5.41) is 2.63. The van der Waals surface area contributed by atoms with E-state index in [1.807, 2.05) is 6.92 Å². The van der Waals surface area contributed by atoms with E-state index in [4.69, 9.17) is 9.47 Å². The van der Waals surface area contributed by atoms with Gasteiger partial charge >= 0.3 is 12.1 Å². The summed E-state index contributed by atoms with van der Waals surface area (Å²) in [7, 11) is 0. The maximum atomic E-state index is 11.8. The summed E-state index contributed by atoms with van der Waals surface area (Å²) in [4.78, 5) is 23.3. The number of hydrogen-bond donors (Lipinski definition) is 1. The molecule has 0 aromatic rings. The van der Waals surface area contributed by atoms with Crippen molar-refractivity contribution in [3.05, 3.63) is 12.2 Å². The summed E-state index contributed by atoms with van der Waals surface area (Å²) >= 11 is 0. The molecule has 18 heavy (non-hydrogen) atoms. The molecule has 2 fully saturated rings. The number of cyclic esters (lactones) is 1. The molecule has 5 unspecified atom stereocenters. The zero-order valence-corrected chi connectivity index (χ0v) is 10.3. The lowest BCUT2D eigenvalue weighted by Crippen LogP contribution is -2.34. The van der Waals surface area contributed by atoms with E-state index in [-0.39, 0.29) is 23.7 Å². The summed E-state index contributed by atoms with van der Waals surface area (Å²) in [6.07, 6.45) is 4.84. The molecule has 0 radical (unpaired) electrons. The topological polar surface area (TPSA) is 64.6 Å². The molecule has 1 saturated carbocycles. The third-order valence-corrected chi connectivity index (χ3v) is 4.08. The SMILES string of the molecule is CCCNC(=O)OC1OC(=O)C2C3C=CC(C3)C12. The molecule has 0 spiro atoms. The van der Waals surface area contributed by atoms with Gasteiger partial charge in [0.2, 0.25) is 0 Å². The third kappa shape index (κ3) is 1.69. The lowest BCUT2D eigenvalue weighted by atomic mass is 9.85. The number of esters is 1. The molecule has 98 valence electrons. The Hall–Kier alpha value is -1.52. The Morgan fingerprint density at radius 3 is 3.06 bits per heavy atom. The number of fused-ring (bicyclic) bond motifs is 5. The van der Waals surface area contributed by atoms with Gasteiger partial charge in [0.15, 0.2) is 0 Å². The molecule has 3 aliphatic rings. The molecule has 1 heterocycles. The molecule has 0 aromatic heterocycles. The van der Waals surface area contributed by atoms with E-state index in [1.165, 1.54) is 0 Å². The first kappa shape index (κ1) is 11.6. The second kappa shape index (κ2) is 4.30. The van der Waals surface area contributed by atoms with Gasteiger partial charge in [-0.25, -0.2) is 4.79 Å². The molecule has 5 heteroatoms. The fraction of sp³-hybridized carbons (Fsp3) is 0.692. The summed E-state index contributed by atoms with van der Waals surface area (Å²) in [6.45, 7) is 2.53. The number of amides is 1. The van der Waals surface area contributed by atoms with Crippen molar-refractivity contribution in [3.8, 4) is 0 Å². The van der Waals surface area contributed by atoms with Crippen LogP contribution in [0.3, 0.4) is 0 Å². The highest BCUT2D eigenvalue weighted by atomic mass is 16.7. The quantitative estimate of drug-likeness (QED) is 0.609. The molecule has 1 saturated heterocycles. The molecular formula is C13H17NO4. The van der Waals surface area contributed by atoms with E-state index in [9.17, 15) is 9.59 Å². The lowest BCUT2D eigenvalue weighted by molar-refractivity contribution is -0.158. The van der Waals surface area contributed by atoms with Crippen molar-refractivity contribution in [2.24, 2.45) is 23.7 Å². The number of carbonyl (C=O) groups is 2. The Labute approximate surface area is 106 Å². The average molecular weight is 251 g/mol. The predicted molar refractivity (Wildman–Crippen MR) is 62.4 cm³/mol. The average Bonchev–Trinajstić information content (AvgIpc) is 3.01. The van der Waals surface area contributed by atoms with Crippen LogP contribution in [0.5, 0.6) is 0 Å². The summed E-state index contributed by atoms with van der Waals surface area (Å²) in [6, 6.07) is 0. The number of hydrogen-bond acceptors (Lipinski definition) is 4. The Morgan fingerprint density at radius 1 is 1.50 bits per heavy atom. The minimum absolute atomic E-state index is 0.0138. The molecule has 5 nitrogen and oxygen atoms in total. The summed E-state index contributed by atoms with van der Waals surface area (Å²) in [5.41, 5.74) is 0. The van der Waals surface area contributed by atoms with E-state index in [1.54, 1.807) is 0 Å². The zero-order valence-electron chi connectivity index (χ0n) is 10.3. The van der Waals surface area contributed by atoms with Crippen LogP contribution in [-0.2, 0) is 14.3 Å². The highest BCUT2D eigenvalue weighted by Crippen LogP contribution is 2.53. The summed E-state index contributed by atoms with van der Waals surface area (Å²) < 4.78 is 10.4. The number of rotatable bonds is 3. The van der Waals surface area contributed by atoms with Gasteiger partial charge in [-0.05, 0) is 24.7 Å². The third-order valence-electron chi connectivity index (χ3n) is 4.08. The van der Waals surface area contributed by atoms with Gasteiger partial charge < -0.3 is 14.8 Å². The van der Waals surface area contributed by atoms with Crippen molar-refractivity contribution in [1.29, 1.82) is 0 Å². The van der Waals surface area contributed by atoms with Crippen LogP contribution in [-0.4, -0.2) is 24.9 Å². The molecule has 1 aliphatic heterocycles. The number of allylic oxidation sites excluding steroid dienone is 2. The second-order valence-corrected chi connectivity index (χ2v) is 5.19. The Bertz CT molecular complexity index is 406. The molecule has 3 rings (SSSR count). The van der Waals surface area contributed by atoms with E-state index in [0.29, 0.717) is 12.5 Å². The van der Waals surface area contributed by atoms with Crippen LogP contribution in [0.2, 0.25) is 0 Å². The van der Waals surface area contributed by atoms with E-state index in [0.717, 1.165) is 12.8 Å². The highest BCUT2D eigenvalue weighted by Gasteiger charge is 2.59. The van der Waals surface area contributed by atoms with Crippen LogP contribution in [0, 0.1) is 23.7 Å². The van der Waals surface area contributed by atoms with Crippen LogP contribution in [0.15, 0.2) is 12.2 Å². The maximum Gasteiger partial charge on any atom is 0.410 e. The van der Waals surface area contributed by atoms with Crippen molar-refractivity contribution in [1.82, 2.24) is 5.32 Å². The van der Waals surface area contributed by atoms with Crippen molar-refractivity contribution < 1.29 is 19.1 Å². The van der Waals surface area contributed by atoms with Crippen LogP contribution in [0.1, 0.15) is 19.8 Å². The van der Waals surface area contributed by atoms with Crippen molar-refractivity contribution in [3.63, 3.8) is 0 Å². The first-order valence-corrected chi connectivity index (χ1v) is 6.54. The number of ether oxygens (including phenoxy) is 2. The van der Waals surface area contributed by atoms with Gasteiger partial charge in [0.05, 0.1) is 11.8 Å². The van der Waals surface area contributed by atoms with Gasteiger partial charge in [0, 0.05) is 6.54 Å². The number of alkyl carbamates (subject to hydrolysis) is 1. The Balaban J connectivity index is 1.66. The van der Waals surface area contributed by atoms with Gasteiger partial charge in [-0.3, -0.25) is 4.79 Å². The molecular weight excluding hydrogens is 234 g/mol. The maximum absolute atomic E-state index is 11.8. The molecule has 5 atom stereocenters. The minimum atomic E-state index is -0.709. The monoisotopic (exact) mass is 251 g/mol. The van der Waals surface area contributed by atoms with Gasteiger partial charge in [-0.2, -0.15) is 0 Å². The van der Waals surface area contributed by atoms with Crippen molar-refractivity contribution >= 4 is 12.1 Å². The smallest absolute Gasteiger partial charge is 0.410 e. The molecule has 0 aromatic carbocycles. The molecule has 2 aliphatic carbocycles. The normalized spacial score (nSPS) is 39.6. The van der Waals surface area contributed by atoms with E-state index in [2.05, 4.69) is 17.5 Å². The van der Waals surface area contributed by atoms with Crippen LogP contribution < -0.4 is 5.32 Å². The van der Waals surface area contributed by atoms with Gasteiger partial charge in [-0.1, -0.05) is 19.1 Å².